The van der Waals surface area contributed by atoms with Gasteiger partial charge in [-0.1, -0.05) is 6.55 Å². The highest BCUT2D eigenvalue weighted by molar-refractivity contribution is 6.52. The van der Waals surface area contributed by atoms with E-state index in [1.54, 1.807) is 0 Å². The van der Waals surface area contributed by atoms with E-state index >= 15 is 0 Å². The molecule has 0 unspecified atom stereocenters. The first-order chi connectivity index (χ1) is 2.56. The van der Waals surface area contributed by atoms with Gasteiger partial charge in [-0.3, -0.25) is 0 Å². The van der Waals surface area contributed by atoms with E-state index in [0.717, 1.165) is 13.7 Å². The van der Waals surface area contributed by atoms with Crippen molar-refractivity contribution < 1.29 is 14.0 Å². The third kappa shape index (κ3) is 4.10. The Morgan fingerprint density at radius 2 is 1.67 bits per heavy atom. The Kier molecular flexibility index (Phi) is 1.73. The summed E-state index contributed by atoms with van der Waals surface area (Å²) in [6.45, 7) is 1.05. The Labute approximate surface area is 37.6 Å². The van der Waals surface area contributed by atoms with Gasteiger partial charge in [-0.25, -0.2) is 0 Å². The van der Waals surface area contributed by atoms with Crippen molar-refractivity contribution in [1.29, 1.82) is 0 Å². The van der Waals surface area contributed by atoms with Crippen molar-refractivity contribution in [3.05, 3.63) is 0 Å². The molecule has 6 heavy (non-hydrogen) atoms. The molecule has 4 heteroatoms. The number of rotatable bonds is 1. The second kappa shape index (κ2) is 1.70. The van der Waals surface area contributed by atoms with Gasteiger partial charge in [0.1, 0.15) is 0 Å². The molecule has 0 rings (SSSR count). The minimum Gasteiger partial charge on any atom is -0.849 e. The van der Waals surface area contributed by atoms with E-state index in [0.29, 0.717) is 0 Å². The zero-order valence-corrected chi connectivity index (χ0v) is 4.72. The summed E-state index contributed by atoms with van der Waals surface area (Å²) in [4.78, 5) is 19.7. The van der Waals surface area contributed by atoms with Crippen LogP contribution in [-0.4, -0.2) is 15.9 Å². The molecule has 3 nitrogen and oxygen atoms in total. The fraction of sp³-hybridized carbons (Fsp3) is 1.00. The molecule has 0 aromatic heterocycles. The summed E-state index contributed by atoms with van der Waals surface area (Å²) < 4.78 is 3.97. The molecule has 0 radical (unpaired) electrons. The van der Waals surface area contributed by atoms with E-state index in [1.165, 1.54) is 0 Å². The summed E-state index contributed by atoms with van der Waals surface area (Å²) in [6, 6.07) is 0. The molecular formula is C2H6O3Si-2. The van der Waals surface area contributed by atoms with Gasteiger partial charge in [0.25, 0.3) is 0 Å². The molecule has 0 spiro atoms. The van der Waals surface area contributed by atoms with E-state index in [-0.39, 0.29) is 0 Å². The monoisotopic (exact) mass is 106 g/mol. The summed E-state index contributed by atoms with van der Waals surface area (Å²) in [5.74, 6) is 0. The molecule has 0 atom stereocenters. The summed E-state index contributed by atoms with van der Waals surface area (Å²) >= 11 is 0. The van der Waals surface area contributed by atoms with Gasteiger partial charge in [-0.2, -0.15) is 0 Å². The van der Waals surface area contributed by atoms with Crippen molar-refractivity contribution in [2.75, 3.05) is 7.11 Å². The van der Waals surface area contributed by atoms with Crippen molar-refractivity contribution in [1.82, 2.24) is 0 Å². The van der Waals surface area contributed by atoms with Gasteiger partial charge in [-0.15, -0.1) is 0 Å². The zero-order valence-electron chi connectivity index (χ0n) is 3.72. The van der Waals surface area contributed by atoms with Crippen LogP contribution in [0.1, 0.15) is 0 Å². The van der Waals surface area contributed by atoms with Crippen molar-refractivity contribution in [2.45, 2.75) is 6.55 Å². The average molecular weight is 106 g/mol. The highest BCUT2D eigenvalue weighted by Gasteiger charge is 1.84. The van der Waals surface area contributed by atoms with Crippen LogP contribution >= 0.6 is 0 Å². The van der Waals surface area contributed by atoms with Gasteiger partial charge in [-0.05, 0) is 8.80 Å². The molecule has 38 valence electrons. The zero-order chi connectivity index (χ0) is 5.21. The molecule has 0 N–H and O–H groups in total. The lowest BCUT2D eigenvalue weighted by atomic mass is 11.8. The first-order valence-corrected chi connectivity index (χ1v) is 3.75. The van der Waals surface area contributed by atoms with E-state index in [2.05, 4.69) is 4.43 Å². The summed E-state index contributed by atoms with van der Waals surface area (Å²) in [7, 11) is -2.49. The Hall–Kier alpha value is 0.0969. The maximum Gasteiger partial charge on any atom is 0.0190 e. The standard InChI is InChI=1S/C2H6O3Si/c1-5-6(2,3)4/h1-2H3/q-2. The van der Waals surface area contributed by atoms with Gasteiger partial charge in [0.2, 0.25) is 0 Å². The SMILES string of the molecule is CO[Si](C)([O-])[O-]. The average Bonchev–Trinajstić information content (AvgIpc) is 1.35. The second-order valence-electron chi connectivity index (χ2n) is 1.07. The van der Waals surface area contributed by atoms with Crippen LogP contribution in [0, 0.1) is 0 Å². The lowest BCUT2D eigenvalue weighted by Crippen LogP contribution is -2.61. The lowest BCUT2D eigenvalue weighted by molar-refractivity contribution is -0.400. The predicted molar refractivity (Wildman–Crippen MR) is 18.6 cm³/mol. The van der Waals surface area contributed by atoms with Crippen LogP contribution in [0.5, 0.6) is 0 Å². The molecule has 0 saturated carbocycles. The molecule has 0 aliphatic heterocycles. The number of hydrogen-bond acceptors (Lipinski definition) is 3. The first-order valence-electron chi connectivity index (χ1n) is 1.52. The molecule has 0 aliphatic rings. The highest BCUT2D eigenvalue weighted by atomic mass is 28.4. The molecule has 0 aromatic carbocycles. The van der Waals surface area contributed by atoms with Crippen molar-refractivity contribution in [3.63, 3.8) is 0 Å². The van der Waals surface area contributed by atoms with Crippen molar-refractivity contribution in [3.8, 4) is 0 Å². The summed E-state index contributed by atoms with van der Waals surface area (Å²) in [5.41, 5.74) is 0. The topological polar surface area (TPSA) is 55.3 Å². The normalized spacial score (nSPS) is 12.0. The van der Waals surface area contributed by atoms with Crippen molar-refractivity contribution >= 4 is 8.80 Å². The fourth-order valence-corrected chi connectivity index (χ4v) is 0. The van der Waals surface area contributed by atoms with Gasteiger partial charge < -0.3 is 14.0 Å². The van der Waals surface area contributed by atoms with E-state index in [9.17, 15) is 9.59 Å². The van der Waals surface area contributed by atoms with E-state index in [1.807, 2.05) is 0 Å². The smallest absolute Gasteiger partial charge is 0.0190 e. The van der Waals surface area contributed by atoms with Crippen LogP contribution in [0.2, 0.25) is 6.55 Å². The van der Waals surface area contributed by atoms with Gasteiger partial charge in [0, 0.05) is 7.11 Å². The maximum atomic E-state index is 9.83. The predicted octanol–water partition coefficient (Wildman–Crippen LogP) is -2.08. The maximum absolute atomic E-state index is 9.83. The Bertz CT molecular complexity index is 38.5. The molecule has 0 bridgehead atoms. The minimum absolute atomic E-state index is 1.05. The van der Waals surface area contributed by atoms with Gasteiger partial charge in [0.05, 0.1) is 0 Å². The summed E-state index contributed by atoms with van der Waals surface area (Å²) in [6.07, 6.45) is 0. The largest absolute Gasteiger partial charge is 0.849 e. The third-order valence-electron chi connectivity index (χ3n) is 0.371. The third-order valence-corrected chi connectivity index (χ3v) is 1.11. The molecule has 0 fully saturated rings. The van der Waals surface area contributed by atoms with Crippen LogP contribution in [0.4, 0.5) is 0 Å². The molecule has 0 aliphatic carbocycles. The minimum atomic E-state index is -3.63. The highest BCUT2D eigenvalue weighted by Crippen LogP contribution is 1.74. The first kappa shape index (κ1) is 6.10. The molecule has 0 amide bonds. The van der Waals surface area contributed by atoms with Crippen LogP contribution < -0.4 is 9.59 Å². The van der Waals surface area contributed by atoms with E-state index in [4.69, 9.17) is 0 Å². The molecule has 0 aromatic rings. The van der Waals surface area contributed by atoms with Gasteiger partial charge in [0.15, 0.2) is 0 Å². The fourth-order valence-electron chi connectivity index (χ4n) is 0. The Morgan fingerprint density at radius 1 is 1.50 bits per heavy atom. The quantitative estimate of drug-likeness (QED) is 0.360. The molecule has 0 saturated heterocycles. The van der Waals surface area contributed by atoms with E-state index < -0.39 is 8.80 Å². The Morgan fingerprint density at radius 3 is 1.67 bits per heavy atom. The van der Waals surface area contributed by atoms with Crippen molar-refractivity contribution in [2.24, 2.45) is 0 Å². The van der Waals surface area contributed by atoms with Crippen LogP contribution in [0.25, 0.3) is 0 Å². The second-order valence-corrected chi connectivity index (χ2v) is 3.20. The molecule has 0 heterocycles. The summed E-state index contributed by atoms with van der Waals surface area (Å²) in [5, 5.41) is 0. The Balaban J connectivity index is 3.17. The van der Waals surface area contributed by atoms with Crippen LogP contribution in [0.3, 0.4) is 0 Å². The van der Waals surface area contributed by atoms with Crippen LogP contribution in [0.15, 0.2) is 0 Å². The number of hydrogen-bond donors (Lipinski definition) is 0. The van der Waals surface area contributed by atoms with Gasteiger partial charge >= 0.3 is 0 Å². The lowest BCUT2D eigenvalue weighted by Gasteiger charge is -2.39. The van der Waals surface area contributed by atoms with Crippen LogP contribution in [-0.2, 0) is 4.43 Å². The molecular weight excluding hydrogens is 100 g/mol.